The maximum absolute atomic E-state index is 4.84. The topological polar surface area (TPSA) is 29.0 Å². The second-order valence-electron chi connectivity index (χ2n) is 6.21. The normalized spacial score (nSPS) is 17.9. The predicted octanol–water partition coefficient (Wildman–Crippen LogP) is 4.68. The van der Waals surface area contributed by atoms with Crippen LogP contribution in [0.4, 0.5) is 0 Å². The molecule has 2 aromatic heterocycles. The third-order valence-electron chi connectivity index (χ3n) is 4.26. The van der Waals surface area contributed by atoms with Crippen LogP contribution >= 0.6 is 34.9 Å². The van der Waals surface area contributed by atoms with E-state index in [1.807, 2.05) is 23.1 Å². The summed E-state index contributed by atoms with van der Waals surface area (Å²) in [4.78, 5) is 14.8. The number of hydrogen-bond acceptors (Lipinski definition) is 6. The lowest BCUT2D eigenvalue weighted by Gasteiger charge is -2.39. The Morgan fingerprint density at radius 1 is 1.18 bits per heavy atom. The van der Waals surface area contributed by atoms with Crippen molar-refractivity contribution in [1.82, 2.24) is 14.9 Å². The van der Waals surface area contributed by atoms with E-state index < -0.39 is 0 Å². The maximum Gasteiger partial charge on any atom is 0.189 e. The molecule has 1 aliphatic heterocycles. The Balaban J connectivity index is 2.18. The highest BCUT2D eigenvalue weighted by atomic mass is 32.2. The van der Waals surface area contributed by atoms with Crippen LogP contribution in [0, 0.1) is 0 Å². The third-order valence-corrected chi connectivity index (χ3v) is 6.96. The van der Waals surface area contributed by atoms with Gasteiger partial charge in [-0.05, 0) is 44.4 Å². The summed E-state index contributed by atoms with van der Waals surface area (Å²) < 4.78 is 0. The highest BCUT2D eigenvalue weighted by Crippen LogP contribution is 2.42. The molecule has 0 saturated carbocycles. The van der Waals surface area contributed by atoms with E-state index in [0.717, 1.165) is 29.6 Å². The Hall–Kier alpha value is -0.300. The zero-order valence-corrected chi connectivity index (χ0v) is 16.3. The van der Waals surface area contributed by atoms with Gasteiger partial charge < -0.3 is 0 Å². The lowest BCUT2D eigenvalue weighted by molar-refractivity contribution is 0.136. The monoisotopic (exact) mass is 353 g/mol. The SMILES string of the molecule is CCSc1nc(SCC)c2c3c(sc2n1)CN(C)C(C)(C)C3. The molecule has 1 aliphatic rings. The van der Waals surface area contributed by atoms with E-state index in [1.54, 1.807) is 11.8 Å². The minimum atomic E-state index is 0.200. The van der Waals surface area contributed by atoms with Crippen LogP contribution in [0.3, 0.4) is 0 Å². The van der Waals surface area contributed by atoms with Crippen molar-refractivity contribution in [3.05, 3.63) is 10.4 Å². The lowest BCUT2D eigenvalue weighted by atomic mass is 9.89. The molecule has 6 heteroatoms. The molecule has 0 amide bonds. The van der Waals surface area contributed by atoms with Gasteiger partial charge in [0.05, 0.1) is 0 Å². The fourth-order valence-electron chi connectivity index (χ4n) is 2.80. The van der Waals surface area contributed by atoms with Gasteiger partial charge in [-0.15, -0.1) is 23.1 Å². The first-order chi connectivity index (χ1) is 10.5. The van der Waals surface area contributed by atoms with E-state index in [1.165, 1.54) is 25.7 Å². The summed E-state index contributed by atoms with van der Waals surface area (Å²) in [5, 5.41) is 3.44. The largest absolute Gasteiger partial charge is 0.296 e. The molecular formula is C16H23N3S3. The zero-order valence-electron chi connectivity index (χ0n) is 13.9. The van der Waals surface area contributed by atoms with Crippen molar-refractivity contribution in [2.75, 3.05) is 18.6 Å². The molecule has 22 heavy (non-hydrogen) atoms. The Morgan fingerprint density at radius 3 is 2.59 bits per heavy atom. The van der Waals surface area contributed by atoms with Crippen LogP contribution in [0.2, 0.25) is 0 Å². The van der Waals surface area contributed by atoms with Crippen LogP contribution in [0.1, 0.15) is 38.1 Å². The number of nitrogens with zero attached hydrogens (tertiary/aromatic N) is 3. The molecule has 0 aromatic carbocycles. The van der Waals surface area contributed by atoms with Gasteiger partial charge in [-0.2, -0.15) is 0 Å². The Morgan fingerprint density at radius 2 is 1.91 bits per heavy atom. The molecule has 0 fully saturated rings. The van der Waals surface area contributed by atoms with E-state index in [-0.39, 0.29) is 5.54 Å². The first-order valence-corrected chi connectivity index (χ1v) is 10.5. The zero-order chi connectivity index (χ0) is 15.9. The van der Waals surface area contributed by atoms with E-state index in [2.05, 4.69) is 39.6 Å². The van der Waals surface area contributed by atoms with Crippen LogP contribution in [0.5, 0.6) is 0 Å². The number of thiophene rings is 1. The minimum absolute atomic E-state index is 0.200. The number of rotatable bonds is 4. The molecule has 3 rings (SSSR count). The maximum atomic E-state index is 4.84. The number of thioether (sulfide) groups is 2. The molecular weight excluding hydrogens is 330 g/mol. The van der Waals surface area contributed by atoms with Gasteiger partial charge in [-0.1, -0.05) is 25.6 Å². The average Bonchev–Trinajstić information content (AvgIpc) is 2.77. The van der Waals surface area contributed by atoms with Crippen molar-refractivity contribution in [1.29, 1.82) is 0 Å². The van der Waals surface area contributed by atoms with E-state index >= 15 is 0 Å². The second-order valence-corrected chi connectivity index (χ2v) is 9.77. The first-order valence-electron chi connectivity index (χ1n) is 7.75. The van der Waals surface area contributed by atoms with Gasteiger partial charge in [0.2, 0.25) is 0 Å². The van der Waals surface area contributed by atoms with Crippen LogP contribution in [0.15, 0.2) is 10.2 Å². The van der Waals surface area contributed by atoms with Crippen molar-refractivity contribution in [3.8, 4) is 0 Å². The number of likely N-dealkylation sites (N-methyl/N-ethyl adjacent to an activating group) is 1. The molecule has 0 saturated heterocycles. The van der Waals surface area contributed by atoms with Gasteiger partial charge in [-0.25, -0.2) is 9.97 Å². The quantitative estimate of drug-likeness (QED) is 0.452. The summed E-state index contributed by atoms with van der Waals surface area (Å²) in [5.41, 5.74) is 1.69. The van der Waals surface area contributed by atoms with Crippen LogP contribution in [0.25, 0.3) is 10.2 Å². The van der Waals surface area contributed by atoms with Gasteiger partial charge in [0.25, 0.3) is 0 Å². The Labute approximate surface area is 145 Å². The van der Waals surface area contributed by atoms with Gasteiger partial charge in [-0.3, -0.25) is 4.90 Å². The van der Waals surface area contributed by atoms with Crippen LogP contribution in [-0.2, 0) is 13.0 Å². The lowest BCUT2D eigenvalue weighted by Crippen LogP contribution is -2.45. The predicted molar refractivity (Wildman–Crippen MR) is 99.5 cm³/mol. The van der Waals surface area contributed by atoms with E-state index in [4.69, 9.17) is 9.97 Å². The van der Waals surface area contributed by atoms with Gasteiger partial charge in [0.15, 0.2) is 5.16 Å². The summed E-state index contributed by atoms with van der Waals surface area (Å²) in [7, 11) is 2.22. The molecule has 0 radical (unpaired) electrons. The van der Waals surface area contributed by atoms with Crippen molar-refractivity contribution in [2.24, 2.45) is 0 Å². The molecule has 120 valence electrons. The summed E-state index contributed by atoms with van der Waals surface area (Å²) in [6, 6.07) is 0. The van der Waals surface area contributed by atoms with Gasteiger partial charge in [0.1, 0.15) is 9.86 Å². The molecule has 0 N–H and O–H groups in total. The molecule has 0 unspecified atom stereocenters. The summed E-state index contributed by atoms with van der Waals surface area (Å²) in [6.45, 7) is 10.0. The first kappa shape index (κ1) is 16.6. The second kappa shape index (κ2) is 6.30. The summed E-state index contributed by atoms with van der Waals surface area (Å²) in [6.07, 6.45) is 1.08. The molecule has 0 aliphatic carbocycles. The molecule has 3 nitrogen and oxygen atoms in total. The minimum Gasteiger partial charge on any atom is -0.296 e. The average molecular weight is 354 g/mol. The third kappa shape index (κ3) is 2.90. The Bertz CT molecular complexity index is 693. The molecule has 0 spiro atoms. The smallest absolute Gasteiger partial charge is 0.189 e. The number of aromatic nitrogens is 2. The number of hydrogen-bond donors (Lipinski definition) is 0. The number of fused-ring (bicyclic) bond motifs is 3. The van der Waals surface area contributed by atoms with Crippen molar-refractivity contribution in [3.63, 3.8) is 0 Å². The molecule has 0 bridgehead atoms. The highest BCUT2D eigenvalue weighted by Gasteiger charge is 2.33. The molecule has 2 aromatic rings. The summed E-state index contributed by atoms with van der Waals surface area (Å²) >= 11 is 5.45. The van der Waals surface area contributed by atoms with Crippen molar-refractivity contribution < 1.29 is 0 Å². The Kier molecular flexibility index (Phi) is 4.74. The molecule has 3 heterocycles. The molecule has 0 atom stereocenters. The standard InChI is InChI=1S/C16H23N3S3/c1-6-20-13-12-10-8-16(3,4)19(5)9-11(10)22-14(12)18-15(17-13)21-7-2/h6-9H2,1-5H3. The van der Waals surface area contributed by atoms with E-state index in [0.29, 0.717) is 0 Å². The van der Waals surface area contributed by atoms with E-state index in [9.17, 15) is 0 Å². The fraction of sp³-hybridized carbons (Fsp3) is 0.625. The summed E-state index contributed by atoms with van der Waals surface area (Å²) in [5.74, 6) is 2.07. The van der Waals surface area contributed by atoms with Gasteiger partial charge in [0, 0.05) is 22.3 Å². The van der Waals surface area contributed by atoms with Crippen LogP contribution in [-0.4, -0.2) is 39.0 Å². The van der Waals surface area contributed by atoms with Crippen LogP contribution < -0.4 is 0 Å². The highest BCUT2D eigenvalue weighted by molar-refractivity contribution is 7.99. The van der Waals surface area contributed by atoms with Crippen molar-refractivity contribution >= 4 is 45.1 Å². The van der Waals surface area contributed by atoms with Crippen molar-refractivity contribution in [2.45, 2.75) is 56.4 Å². The van der Waals surface area contributed by atoms with Gasteiger partial charge >= 0.3 is 0 Å². The fourth-order valence-corrected chi connectivity index (χ4v) is 5.58.